The minimum atomic E-state index is -0.713. The van der Waals surface area contributed by atoms with Crippen molar-refractivity contribution in [1.29, 1.82) is 0 Å². The van der Waals surface area contributed by atoms with Crippen molar-refractivity contribution in [3.8, 4) is 0 Å². The highest BCUT2D eigenvalue weighted by molar-refractivity contribution is 6.05. The number of hydrogen-bond donors (Lipinski definition) is 0. The molecule has 0 atom stereocenters. The zero-order valence-electron chi connectivity index (χ0n) is 18.0. The van der Waals surface area contributed by atoms with Crippen LogP contribution in [0.5, 0.6) is 0 Å². The minimum Gasteiger partial charge on any atom is -0.465 e. The third-order valence-electron chi connectivity index (χ3n) is 4.80. The number of rotatable bonds is 14. The molecule has 6 heteroatoms. The van der Waals surface area contributed by atoms with E-state index >= 15 is 0 Å². The predicted molar refractivity (Wildman–Crippen MR) is 111 cm³/mol. The highest BCUT2D eigenvalue weighted by Crippen LogP contribution is 2.16. The van der Waals surface area contributed by atoms with Gasteiger partial charge in [0.2, 0.25) is 0 Å². The zero-order valence-corrected chi connectivity index (χ0v) is 18.0. The van der Waals surface area contributed by atoms with Gasteiger partial charge in [-0.1, -0.05) is 64.7 Å². The van der Waals surface area contributed by atoms with E-state index in [1.165, 1.54) is 77.4 Å². The molecule has 0 bridgehead atoms. The van der Waals surface area contributed by atoms with Crippen molar-refractivity contribution in [2.75, 3.05) is 20.8 Å². The Labute approximate surface area is 173 Å². The van der Waals surface area contributed by atoms with Gasteiger partial charge in [-0.05, 0) is 24.6 Å². The van der Waals surface area contributed by atoms with Gasteiger partial charge in [-0.3, -0.25) is 0 Å². The summed E-state index contributed by atoms with van der Waals surface area (Å²) in [4.78, 5) is 35.9. The number of carbonyl (C=O) groups excluding carboxylic acids is 3. The lowest BCUT2D eigenvalue weighted by atomic mass is 10.0. The lowest BCUT2D eigenvalue weighted by Gasteiger charge is -2.09. The number of hydrogen-bond acceptors (Lipinski definition) is 6. The van der Waals surface area contributed by atoms with E-state index in [0.29, 0.717) is 6.61 Å². The summed E-state index contributed by atoms with van der Waals surface area (Å²) in [5.74, 6) is -1.91. The van der Waals surface area contributed by atoms with E-state index in [0.717, 1.165) is 19.3 Å². The molecule has 0 amide bonds. The highest BCUT2D eigenvalue weighted by atomic mass is 16.5. The standard InChI is InChI=1S/C23H34O6/c1-4-5-6-7-8-9-10-11-12-13-16-29-21(24)18-14-15-19(22(25)27-2)20(17-18)23(26)28-3/h14-15,17H,4-13,16H2,1-3H3. The molecule has 1 aromatic carbocycles. The highest BCUT2D eigenvalue weighted by Gasteiger charge is 2.21. The van der Waals surface area contributed by atoms with Gasteiger partial charge in [-0.2, -0.15) is 0 Å². The van der Waals surface area contributed by atoms with E-state index in [1.54, 1.807) is 0 Å². The molecule has 0 radical (unpaired) electrons. The van der Waals surface area contributed by atoms with E-state index in [9.17, 15) is 14.4 Å². The Morgan fingerprint density at radius 3 is 1.76 bits per heavy atom. The van der Waals surface area contributed by atoms with Crippen LogP contribution in [0.2, 0.25) is 0 Å². The number of esters is 3. The van der Waals surface area contributed by atoms with Crippen LogP contribution >= 0.6 is 0 Å². The maximum Gasteiger partial charge on any atom is 0.338 e. The van der Waals surface area contributed by atoms with Crippen molar-refractivity contribution < 1.29 is 28.6 Å². The molecule has 0 fully saturated rings. The normalized spacial score (nSPS) is 10.4. The third-order valence-corrected chi connectivity index (χ3v) is 4.80. The fraction of sp³-hybridized carbons (Fsp3) is 0.609. The zero-order chi connectivity index (χ0) is 21.5. The first-order valence-electron chi connectivity index (χ1n) is 10.5. The molecule has 0 aliphatic carbocycles. The minimum absolute atomic E-state index is 0.0206. The van der Waals surface area contributed by atoms with E-state index in [-0.39, 0.29) is 16.7 Å². The second-order valence-corrected chi connectivity index (χ2v) is 7.06. The van der Waals surface area contributed by atoms with Crippen LogP contribution < -0.4 is 0 Å². The number of ether oxygens (including phenoxy) is 3. The Balaban J connectivity index is 2.37. The molecule has 0 aromatic heterocycles. The molecule has 1 aromatic rings. The Kier molecular flexibility index (Phi) is 12.4. The van der Waals surface area contributed by atoms with Crippen LogP contribution in [0.4, 0.5) is 0 Å². The maximum atomic E-state index is 12.2. The summed E-state index contributed by atoms with van der Waals surface area (Å²) in [6, 6.07) is 4.12. The topological polar surface area (TPSA) is 78.9 Å². The molecule has 1 rings (SSSR count). The summed E-state index contributed by atoms with van der Waals surface area (Å²) in [6.45, 7) is 2.56. The molecule has 0 spiro atoms. The second-order valence-electron chi connectivity index (χ2n) is 7.06. The molecule has 0 aliphatic heterocycles. The van der Waals surface area contributed by atoms with Crippen LogP contribution in [0.1, 0.15) is 102 Å². The largest absolute Gasteiger partial charge is 0.465 e. The van der Waals surface area contributed by atoms with Gasteiger partial charge < -0.3 is 14.2 Å². The molecular weight excluding hydrogens is 372 g/mol. The van der Waals surface area contributed by atoms with E-state index in [4.69, 9.17) is 4.74 Å². The first-order valence-corrected chi connectivity index (χ1v) is 10.5. The van der Waals surface area contributed by atoms with Crippen molar-refractivity contribution in [1.82, 2.24) is 0 Å². The molecule has 0 aliphatic rings. The molecular formula is C23H34O6. The second kappa shape index (κ2) is 14.6. The van der Waals surface area contributed by atoms with Crippen molar-refractivity contribution in [2.45, 2.75) is 71.1 Å². The van der Waals surface area contributed by atoms with Crippen LogP contribution in [-0.4, -0.2) is 38.7 Å². The Hall–Kier alpha value is -2.37. The predicted octanol–water partition coefficient (Wildman–Crippen LogP) is 5.34. The van der Waals surface area contributed by atoms with E-state index < -0.39 is 17.9 Å². The smallest absolute Gasteiger partial charge is 0.338 e. The van der Waals surface area contributed by atoms with E-state index in [2.05, 4.69) is 16.4 Å². The van der Waals surface area contributed by atoms with Gasteiger partial charge in [0.15, 0.2) is 0 Å². The average Bonchev–Trinajstić information content (AvgIpc) is 2.75. The van der Waals surface area contributed by atoms with Crippen LogP contribution in [0.15, 0.2) is 18.2 Å². The van der Waals surface area contributed by atoms with Gasteiger partial charge in [0.25, 0.3) is 0 Å². The molecule has 6 nitrogen and oxygen atoms in total. The van der Waals surface area contributed by atoms with E-state index in [1.807, 2.05) is 0 Å². The van der Waals surface area contributed by atoms with Crippen molar-refractivity contribution in [3.63, 3.8) is 0 Å². The first kappa shape index (κ1) is 24.7. The number of benzene rings is 1. The van der Waals surface area contributed by atoms with Gasteiger partial charge in [0.05, 0.1) is 37.5 Å². The summed E-state index contributed by atoms with van der Waals surface area (Å²) in [6.07, 6.45) is 12.0. The third kappa shape index (κ3) is 9.11. The Bertz CT molecular complexity index is 653. The van der Waals surface area contributed by atoms with Gasteiger partial charge in [0, 0.05) is 0 Å². The van der Waals surface area contributed by atoms with Gasteiger partial charge in [-0.15, -0.1) is 0 Å². The number of methoxy groups -OCH3 is 2. The quantitative estimate of drug-likeness (QED) is 0.236. The maximum absolute atomic E-state index is 12.2. The van der Waals surface area contributed by atoms with Gasteiger partial charge in [0.1, 0.15) is 0 Å². The van der Waals surface area contributed by atoms with Crippen molar-refractivity contribution in [3.05, 3.63) is 34.9 Å². The van der Waals surface area contributed by atoms with Crippen LogP contribution in [0, 0.1) is 0 Å². The summed E-state index contributed by atoms with van der Waals surface area (Å²) < 4.78 is 14.6. The first-order chi connectivity index (χ1) is 14.0. The Morgan fingerprint density at radius 2 is 1.21 bits per heavy atom. The van der Waals surface area contributed by atoms with Crippen molar-refractivity contribution in [2.24, 2.45) is 0 Å². The molecule has 0 unspecified atom stereocenters. The van der Waals surface area contributed by atoms with Crippen molar-refractivity contribution >= 4 is 17.9 Å². The molecule has 0 saturated heterocycles. The number of carbonyl (C=O) groups is 3. The molecule has 0 N–H and O–H groups in total. The lowest BCUT2D eigenvalue weighted by molar-refractivity contribution is 0.0495. The summed E-state index contributed by atoms with van der Waals surface area (Å²) in [5, 5.41) is 0. The van der Waals surface area contributed by atoms with Gasteiger partial charge >= 0.3 is 17.9 Å². The SMILES string of the molecule is CCCCCCCCCCCCOC(=O)c1ccc(C(=O)OC)c(C(=O)OC)c1. The molecule has 29 heavy (non-hydrogen) atoms. The number of unbranched alkanes of at least 4 members (excludes halogenated alkanes) is 9. The summed E-state index contributed by atoms with van der Waals surface area (Å²) in [5.41, 5.74) is 0.225. The summed E-state index contributed by atoms with van der Waals surface area (Å²) in [7, 11) is 2.43. The van der Waals surface area contributed by atoms with Gasteiger partial charge in [-0.25, -0.2) is 14.4 Å². The lowest BCUT2D eigenvalue weighted by Crippen LogP contribution is -2.14. The average molecular weight is 407 g/mol. The molecule has 162 valence electrons. The van der Waals surface area contributed by atoms with Crippen LogP contribution in [0.25, 0.3) is 0 Å². The fourth-order valence-electron chi connectivity index (χ4n) is 3.08. The Morgan fingerprint density at radius 1 is 0.690 bits per heavy atom. The molecule has 0 saturated carbocycles. The monoisotopic (exact) mass is 406 g/mol. The summed E-state index contributed by atoms with van der Waals surface area (Å²) >= 11 is 0. The molecule has 0 heterocycles. The fourth-order valence-corrected chi connectivity index (χ4v) is 3.08. The van der Waals surface area contributed by atoms with Crippen LogP contribution in [0.3, 0.4) is 0 Å². The van der Waals surface area contributed by atoms with Crippen LogP contribution in [-0.2, 0) is 14.2 Å².